The summed E-state index contributed by atoms with van der Waals surface area (Å²) >= 11 is 9.16. The number of fused-ring (bicyclic) bond motifs is 2. The molecule has 0 radical (unpaired) electrons. The lowest BCUT2D eigenvalue weighted by Crippen LogP contribution is -2.16. The van der Waals surface area contributed by atoms with Crippen LogP contribution in [0.3, 0.4) is 0 Å². The first kappa shape index (κ1) is 19.6. The number of aromatic nitrogens is 3. The van der Waals surface area contributed by atoms with Gasteiger partial charge in [-0.1, -0.05) is 35.1 Å². The van der Waals surface area contributed by atoms with E-state index >= 15 is 0 Å². The molecule has 1 aliphatic rings. The Balaban J connectivity index is 1.33. The minimum absolute atomic E-state index is 0.00609. The van der Waals surface area contributed by atoms with E-state index in [4.69, 9.17) is 21.7 Å². The van der Waals surface area contributed by atoms with Crippen LogP contribution in [0.15, 0.2) is 53.4 Å². The molecule has 30 heavy (non-hydrogen) atoms. The Bertz CT molecular complexity index is 1180. The van der Waals surface area contributed by atoms with Gasteiger partial charge in [0.15, 0.2) is 0 Å². The van der Waals surface area contributed by atoms with Gasteiger partial charge in [0.1, 0.15) is 5.82 Å². The van der Waals surface area contributed by atoms with Crippen molar-refractivity contribution in [3.8, 4) is 5.13 Å². The van der Waals surface area contributed by atoms with E-state index in [-0.39, 0.29) is 5.91 Å². The fourth-order valence-electron chi connectivity index (χ4n) is 3.60. The molecule has 0 saturated carbocycles. The van der Waals surface area contributed by atoms with Gasteiger partial charge in [0.05, 0.1) is 15.9 Å². The monoisotopic (exact) mass is 454 g/mol. The zero-order valence-corrected chi connectivity index (χ0v) is 18.5. The summed E-state index contributed by atoms with van der Waals surface area (Å²) in [6, 6.07) is 15.7. The molecule has 0 fully saturated rings. The summed E-state index contributed by atoms with van der Waals surface area (Å²) in [6.45, 7) is 0. The number of thiazole rings is 1. The number of nitrogens with one attached hydrogen (secondary N) is 1. The van der Waals surface area contributed by atoms with E-state index in [0.717, 1.165) is 56.6 Å². The molecule has 5 rings (SSSR count). The average Bonchev–Trinajstić information content (AvgIpc) is 3.44. The molecule has 1 N–H and O–H groups in total. The summed E-state index contributed by atoms with van der Waals surface area (Å²) in [5, 5.41) is 9.41. The second-order valence-corrected chi connectivity index (χ2v) is 9.72. The van der Waals surface area contributed by atoms with Gasteiger partial charge < -0.3 is 5.32 Å². The molecular formula is C22H19ClN4OS2. The predicted octanol–water partition coefficient (Wildman–Crippen LogP) is 5.75. The molecule has 152 valence electrons. The maximum absolute atomic E-state index is 12.7. The highest BCUT2D eigenvalue weighted by atomic mass is 35.5. The fraction of sp³-hybridized carbons (Fsp3) is 0.227. The smallest absolute Gasteiger partial charge is 0.226 e. The summed E-state index contributed by atoms with van der Waals surface area (Å²) in [5.41, 5.74) is 3.16. The van der Waals surface area contributed by atoms with Gasteiger partial charge in [-0.25, -0.2) is 4.98 Å². The van der Waals surface area contributed by atoms with Crippen LogP contribution in [0.2, 0.25) is 5.02 Å². The maximum atomic E-state index is 12.7. The second-order valence-electron chi connectivity index (χ2n) is 7.10. The third kappa shape index (κ3) is 3.97. The van der Waals surface area contributed by atoms with E-state index in [1.54, 1.807) is 23.1 Å². The minimum atomic E-state index is -0.00609. The summed E-state index contributed by atoms with van der Waals surface area (Å²) < 4.78 is 2.93. The lowest BCUT2D eigenvalue weighted by atomic mass is 10.2. The zero-order valence-electron chi connectivity index (χ0n) is 16.1. The molecule has 8 heteroatoms. The van der Waals surface area contributed by atoms with E-state index in [1.807, 2.05) is 47.1 Å². The van der Waals surface area contributed by atoms with Crippen LogP contribution in [0, 0.1) is 0 Å². The Kier molecular flexibility index (Phi) is 5.50. The van der Waals surface area contributed by atoms with Crippen LogP contribution in [0.5, 0.6) is 0 Å². The van der Waals surface area contributed by atoms with Crippen LogP contribution >= 0.6 is 34.7 Å². The SMILES string of the molecule is O=C(CCSc1ccc(Cl)cc1)Nc1c2c(nn1-c1nc3ccccc3s1)CCC2. The first-order valence-corrected chi connectivity index (χ1v) is 12.0. The van der Waals surface area contributed by atoms with Crippen molar-refractivity contribution in [2.45, 2.75) is 30.6 Å². The number of rotatable bonds is 6. The molecule has 0 saturated heterocycles. The van der Waals surface area contributed by atoms with E-state index in [0.29, 0.717) is 17.2 Å². The number of hydrogen-bond acceptors (Lipinski definition) is 5. The number of thioether (sulfide) groups is 1. The van der Waals surface area contributed by atoms with E-state index < -0.39 is 0 Å². The topological polar surface area (TPSA) is 59.8 Å². The molecule has 1 amide bonds. The van der Waals surface area contributed by atoms with Crippen LogP contribution in [0.1, 0.15) is 24.1 Å². The Morgan fingerprint density at radius 2 is 2.00 bits per heavy atom. The molecule has 0 spiro atoms. The van der Waals surface area contributed by atoms with Gasteiger partial charge in [-0.05, 0) is 55.7 Å². The highest BCUT2D eigenvalue weighted by Gasteiger charge is 2.25. The second kappa shape index (κ2) is 8.41. The summed E-state index contributed by atoms with van der Waals surface area (Å²) in [5.74, 6) is 1.47. The third-order valence-electron chi connectivity index (χ3n) is 5.04. The molecule has 0 atom stereocenters. The third-order valence-corrected chi connectivity index (χ3v) is 7.32. The number of carbonyl (C=O) groups excluding carboxylic acids is 1. The minimum Gasteiger partial charge on any atom is -0.310 e. The largest absolute Gasteiger partial charge is 0.310 e. The van der Waals surface area contributed by atoms with E-state index in [9.17, 15) is 4.79 Å². The molecule has 0 unspecified atom stereocenters. The molecule has 0 aliphatic heterocycles. The number of anilines is 1. The van der Waals surface area contributed by atoms with Gasteiger partial charge in [-0.2, -0.15) is 9.78 Å². The molecule has 4 aromatic rings. The molecule has 0 bridgehead atoms. The fourth-order valence-corrected chi connectivity index (χ4v) is 5.50. The van der Waals surface area contributed by atoms with Gasteiger partial charge in [-0.15, -0.1) is 11.8 Å². The maximum Gasteiger partial charge on any atom is 0.226 e. The highest BCUT2D eigenvalue weighted by molar-refractivity contribution is 7.99. The number of carbonyl (C=O) groups is 1. The number of halogens is 1. The number of benzene rings is 2. The first-order chi connectivity index (χ1) is 14.7. The van der Waals surface area contributed by atoms with Crippen LogP contribution < -0.4 is 5.32 Å². The summed E-state index contributed by atoms with van der Waals surface area (Å²) in [7, 11) is 0. The lowest BCUT2D eigenvalue weighted by Gasteiger charge is -2.09. The Morgan fingerprint density at radius 3 is 2.83 bits per heavy atom. The number of nitrogens with zero attached hydrogens (tertiary/aromatic N) is 3. The normalized spacial score (nSPS) is 13.0. The number of hydrogen-bond donors (Lipinski definition) is 1. The Labute approximate surface area is 187 Å². The van der Waals surface area contributed by atoms with Crippen molar-refractivity contribution in [3.63, 3.8) is 0 Å². The molecule has 5 nitrogen and oxygen atoms in total. The van der Waals surface area contributed by atoms with E-state index in [2.05, 4.69) is 11.4 Å². The molecule has 2 aromatic heterocycles. The number of para-hydroxylation sites is 1. The molecule has 2 heterocycles. The van der Waals surface area contributed by atoms with Gasteiger partial charge in [-0.3, -0.25) is 4.79 Å². The number of aryl methyl sites for hydroxylation is 1. The first-order valence-electron chi connectivity index (χ1n) is 9.82. The van der Waals surface area contributed by atoms with E-state index in [1.165, 1.54) is 0 Å². The average molecular weight is 455 g/mol. The van der Waals surface area contributed by atoms with Crippen molar-refractivity contribution in [2.75, 3.05) is 11.1 Å². The van der Waals surface area contributed by atoms with Gasteiger partial charge in [0, 0.05) is 27.7 Å². The van der Waals surface area contributed by atoms with Crippen molar-refractivity contribution < 1.29 is 4.79 Å². The van der Waals surface area contributed by atoms with Crippen molar-refractivity contribution in [1.29, 1.82) is 0 Å². The van der Waals surface area contributed by atoms with Crippen LogP contribution in [0.4, 0.5) is 5.82 Å². The van der Waals surface area contributed by atoms with Crippen LogP contribution in [-0.4, -0.2) is 26.4 Å². The summed E-state index contributed by atoms with van der Waals surface area (Å²) in [6.07, 6.45) is 3.39. The predicted molar refractivity (Wildman–Crippen MR) is 124 cm³/mol. The van der Waals surface area contributed by atoms with Gasteiger partial charge in [0.25, 0.3) is 0 Å². The molecular weight excluding hydrogens is 436 g/mol. The van der Waals surface area contributed by atoms with Crippen molar-refractivity contribution >= 4 is 56.6 Å². The standard InChI is InChI=1S/C22H19ClN4OS2/c23-14-8-10-15(11-9-14)29-13-12-20(28)25-21-16-4-3-6-17(16)26-27(21)22-24-18-5-1-2-7-19(18)30-22/h1-2,5,7-11H,3-4,6,12-13H2,(H,25,28). The molecule has 2 aromatic carbocycles. The quantitative estimate of drug-likeness (QED) is 0.377. The Hall–Kier alpha value is -2.35. The summed E-state index contributed by atoms with van der Waals surface area (Å²) in [4.78, 5) is 18.5. The lowest BCUT2D eigenvalue weighted by molar-refractivity contribution is -0.115. The van der Waals surface area contributed by atoms with Crippen molar-refractivity contribution in [2.24, 2.45) is 0 Å². The Morgan fingerprint density at radius 1 is 1.17 bits per heavy atom. The van der Waals surface area contributed by atoms with Crippen molar-refractivity contribution in [3.05, 3.63) is 64.8 Å². The highest BCUT2D eigenvalue weighted by Crippen LogP contribution is 2.34. The van der Waals surface area contributed by atoms with Crippen molar-refractivity contribution in [1.82, 2.24) is 14.8 Å². The number of amides is 1. The zero-order chi connectivity index (χ0) is 20.5. The van der Waals surface area contributed by atoms with Gasteiger partial charge >= 0.3 is 0 Å². The molecule has 1 aliphatic carbocycles. The van der Waals surface area contributed by atoms with Crippen LogP contribution in [0.25, 0.3) is 15.3 Å². The van der Waals surface area contributed by atoms with Gasteiger partial charge in [0.2, 0.25) is 11.0 Å². The van der Waals surface area contributed by atoms with Crippen LogP contribution in [-0.2, 0) is 17.6 Å².